The largest absolute Gasteiger partial charge is 0.341 e. The normalized spacial score (nSPS) is 23.9. The molecule has 0 spiro atoms. The second-order valence-corrected chi connectivity index (χ2v) is 5.12. The first-order valence-corrected chi connectivity index (χ1v) is 5.14. The Morgan fingerprint density at radius 1 is 1.43 bits per heavy atom. The van der Waals surface area contributed by atoms with Gasteiger partial charge < -0.3 is 4.90 Å². The van der Waals surface area contributed by atoms with Crippen LogP contribution in [0.5, 0.6) is 0 Å². The predicted molar refractivity (Wildman–Crippen MR) is 54.8 cm³/mol. The maximum absolute atomic E-state index is 11.9. The van der Waals surface area contributed by atoms with Gasteiger partial charge in [-0.05, 0) is 0 Å². The number of ketones is 1. The van der Waals surface area contributed by atoms with Crippen LogP contribution in [0.15, 0.2) is 0 Å². The summed E-state index contributed by atoms with van der Waals surface area (Å²) in [5, 5.41) is 0. The van der Waals surface area contributed by atoms with E-state index in [0.717, 1.165) is 0 Å². The molecule has 0 radical (unpaired) electrons. The molecular weight excluding hydrogens is 178 g/mol. The summed E-state index contributed by atoms with van der Waals surface area (Å²) in [6.07, 6.45) is 0.517. The van der Waals surface area contributed by atoms with E-state index < -0.39 is 0 Å². The lowest BCUT2D eigenvalue weighted by molar-refractivity contribution is -0.143. The number of likely N-dealkylation sites (tertiary alicyclic amines) is 1. The highest BCUT2D eigenvalue weighted by Crippen LogP contribution is 2.21. The highest BCUT2D eigenvalue weighted by molar-refractivity contribution is 5.86. The zero-order chi connectivity index (χ0) is 10.9. The Morgan fingerprint density at radius 2 is 2.00 bits per heavy atom. The quantitative estimate of drug-likeness (QED) is 0.589. The summed E-state index contributed by atoms with van der Waals surface area (Å²) in [5.74, 6) is 0.440. The van der Waals surface area contributed by atoms with Crippen LogP contribution in [-0.2, 0) is 9.59 Å². The van der Waals surface area contributed by atoms with Crippen LogP contribution in [-0.4, -0.2) is 29.7 Å². The van der Waals surface area contributed by atoms with Crippen LogP contribution >= 0.6 is 0 Å². The van der Waals surface area contributed by atoms with Crippen LogP contribution in [0.1, 0.15) is 34.1 Å². The van der Waals surface area contributed by atoms with Gasteiger partial charge in [0.05, 0.1) is 0 Å². The van der Waals surface area contributed by atoms with Crippen molar-refractivity contribution in [2.24, 2.45) is 11.3 Å². The zero-order valence-electron chi connectivity index (χ0n) is 9.46. The molecule has 0 aromatic rings. The number of rotatable bonds is 0. The van der Waals surface area contributed by atoms with E-state index >= 15 is 0 Å². The molecule has 1 saturated heterocycles. The molecule has 0 aliphatic carbocycles. The van der Waals surface area contributed by atoms with E-state index in [1.54, 1.807) is 0 Å². The third kappa shape index (κ3) is 2.34. The fourth-order valence-corrected chi connectivity index (χ4v) is 1.67. The molecular formula is C11H19NO2. The van der Waals surface area contributed by atoms with Crippen molar-refractivity contribution in [3.05, 3.63) is 0 Å². The van der Waals surface area contributed by atoms with Crippen molar-refractivity contribution >= 4 is 11.7 Å². The van der Waals surface area contributed by atoms with E-state index in [1.807, 2.05) is 32.6 Å². The third-order valence-corrected chi connectivity index (χ3v) is 2.60. The third-order valence-electron chi connectivity index (χ3n) is 2.60. The molecule has 1 fully saturated rings. The summed E-state index contributed by atoms with van der Waals surface area (Å²) in [7, 11) is 0. The molecule has 3 nitrogen and oxygen atoms in total. The van der Waals surface area contributed by atoms with Gasteiger partial charge in [0.15, 0.2) is 0 Å². The fourth-order valence-electron chi connectivity index (χ4n) is 1.67. The first-order chi connectivity index (χ1) is 6.32. The first-order valence-electron chi connectivity index (χ1n) is 5.14. The van der Waals surface area contributed by atoms with Gasteiger partial charge in [0.2, 0.25) is 5.91 Å². The minimum Gasteiger partial charge on any atom is -0.341 e. The number of hydrogen-bond donors (Lipinski definition) is 0. The summed E-state index contributed by atoms with van der Waals surface area (Å²) in [4.78, 5) is 25.0. The van der Waals surface area contributed by atoms with Gasteiger partial charge in [-0.2, -0.15) is 0 Å². The van der Waals surface area contributed by atoms with Crippen molar-refractivity contribution in [2.75, 3.05) is 13.1 Å². The number of piperidine rings is 1. The van der Waals surface area contributed by atoms with Crippen LogP contribution in [0, 0.1) is 11.3 Å². The molecule has 0 aromatic heterocycles. The maximum Gasteiger partial charge on any atom is 0.227 e. The predicted octanol–water partition coefficient (Wildman–Crippen LogP) is 1.47. The monoisotopic (exact) mass is 197 g/mol. The van der Waals surface area contributed by atoms with Crippen LogP contribution in [0.3, 0.4) is 0 Å². The molecule has 1 atom stereocenters. The lowest BCUT2D eigenvalue weighted by Crippen LogP contribution is -2.47. The van der Waals surface area contributed by atoms with Crippen LogP contribution < -0.4 is 0 Å². The van der Waals surface area contributed by atoms with Gasteiger partial charge >= 0.3 is 0 Å². The van der Waals surface area contributed by atoms with E-state index in [-0.39, 0.29) is 23.0 Å². The van der Waals surface area contributed by atoms with Crippen molar-refractivity contribution in [1.29, 1.82) is 0 Å². The highest BCUT2D eigenvalue weighted by atomic mass is 16.2. The number of hydrogen-bond acceptors (Lipinski definition) is 2. The molecule has 80 valence electrons. The summed E-state index contributed by atoms with van der Waals surface area (Å²) >= 11 is 0. The van der Waals surface area contributed by atoms with Gasteiger partial charge in [-0.25, -0.2) is 0 Å². The number of carbonyl (C=O) groups is 2. The van der Waals surface area contributed by atoms with Gasteiger partial charge in [0, 0.05) is 30.8 Å². The highest BCUT2D eigenvalue weighted by Gasteiger charge is 2.32. The molecule has 1 aliphatic heterocycles. The van der Waals surface area contributed by atoms with Crippen molar-refractivity contribution < 1.29 is 9.59 Å². The van der Waals surface area contributed by atoms with Gasteiger partial charge in [0.25, 0.3) is 0 Å². The maximum atomic E-state index is 11.9. The van der Waals surface area contributed by atoms with Gasteiger partial charge in [0.1, 0.15) is 5.78 Å². The fraction of sp³-hybridized carbons (Fsp3) is 0.818. The van der Waals surface area contributed by atoms with E-state index in [9.17, 15) is 9.59 Å². The smallest absolute Gasteiger partial charge is 0.227 e. The topological polar surface area (TPSA) is 37.4 Å². The molecule has 1 aliphatic rings. The van der Waals surface area contributed by atoms with Crippen LogP contribution in [0.2, 0.25) is 0 Å². The Bertz CT molecular complexity index is 253. The standard InChI is InChI=1S/C11H19NO2/c1-8-7-12(6-5-9(8)13)10(14)11(2,3)4/h8H,5-7H2,1-4H3. The summed E-state index contributed by atoms with van der Waals surface area (Å²) in [6, 6.07) is 0. The van der Waals surface area contributed by atoms with Gasteiger partial charge in [-0.1, -0.05) is 27.7 Å². The molecule has 0 saturated carbocycles. The van der Waals surface area contributed by atoms with Gasteiger partial charge in [-0.15, -0.1) is 0 Å². The van der Waals surface area contributed by atoms with Crippen molar-refractivity contribution in [2.45, 2.75) is 34.1 Å². The Balaban J connectivity index is 2.64. The summed E-state index contributed by atoms with van der Waals surface area (Å²) in [6.45, 7) is 8.82. The first kappa shape index (κ1) is 11.2. The average molecular weight is 197 g/mol. The lowest BCUT2D eigenvalue weighted by Gasteiger charge is -2.34. The number of amides is 1. The number of nitrogens with zero attached hydrogens (tertiary/aromatic N) is 1. The number of Topliss-reactive ketones (excluding diaryl/α,β-unsaturated/α-hetero) is 1. The van der Waals surface area contributed by atoms with E-state index in [0.29, 0.717) is 19.5 Å². The number of carbonyl (C=O) groups excluding carboxylic acids is 2. The Morgan fingerprint density at radius 3 is 2.43 bits per heavy atom. The molecule has 1 amide bonds. The molecule has 1 heterocycles. The van der Waals surface area contributed by atoms with Crippen LogP contribution in [0.25, 0.3) is 0 Å². The lowest BCUT2D eigenvalue weighted by atomic mass is 9.91. The molecule has 0 bridgehead atoms. The van der Waals surface area contributed by atoms with E-state index in [2.05, 4.69) is 0 Å². The minimum absolute atomic E-state index is 0.00931. The molecule has 14 heavy (non-hydrogen) atoms. The van der Waals surface area contributed by atoms with Crippen LogP contribution in [0.4, 0.5) is 0 Å². The Kier molecular flexibility index (Phi) is 2.98. The second kappa shape index (κ2) is 3.71. The Labute approximate surface area is 85.5 Å². The minimum atomic E-state index is -0.333. The van der Waals surface area contributed by atoms with Crippen molar-refractivity contribution in [3.8, 4) is 0 Å². The van der Waals surface area contributed by atoms with E-state index in [4.69, 9.17) is 0 Å². The molecule has 1 unspecified atom stereocenters. The van der Waals surface area contributed by atoms with Gasteiger partial charge in [-0.3, -0.25) is 9.59 Å². The molecule has 0 N–H and O–H groups in total. The molecule has 0 aromatic carbocycles. The summed E-state index contributed by atoms with van der Waals surface area (Å²) in [5.41, 5.74) is -0.333. The second-order valence-electron chi connectivity index (χ2n) is 5.12. The zero-order valence-corrected chi connectivity index (χ0v) is 9.46. The van der Waals surface area contributed by atoms with Crippen molar-refractivity contribution in [3.63, 3.8) is 0 Å². The average Bonchev–Trinajstić information content (AvgIpc) is 2.07. The molecule has 1 rings (SSSR count). The Hall–Kier alpha value is -0.860. The molecule has 3 heteroatoms. The SMILES string of the molecule is CC1CN(C(=O)C(C)(C)C)CCC1=O. The van der Waals surface area contributed by atoms with E-state index in [1.165, 1.54) is 0 Å². The summed E-state index contributed by atoms with van der Waals surface area (Å²) < 4.78 is 0. The van der Waals surface area contributed by atoms with Crippen molar-refractivity contribution in [1.82, 2.24) is 4.90 Å².